The third-order valence-electron chi connectivity index (χ3n) is 2.98. The van der Waals surface area contributed by atoms with Crippen molar-refractivity contribution in [1.82, 2.24) is 0 Å². The highest BCUT2D eigenvalue weighted by atomic mass is 127. The number of benzene rings is 1. The minimum atomic E-state index is -0.978. The van der Waals surface area contributed by atoms with Gasteiger partial charge in [0.2, 0.25) is 0 Å². The Morgan fingerprint density at radius 1 is 1.53 bits per heavy atom. The fourth-order valence-corrected chi connectivity index (χ4v) is 2.41. The number of halogens is 1. The van der Waals surface area contributed by atoms with Crippen LogP contribution in [0.25, 0.3) is 0 Å². The van der Waals surface area contributed by atoms with Crippen LogP contribution in [0.5, 0.6) is 0 Å². The molecule has 0 spiro atoms. The molecule has 0 unspecified atom stereocenters. The van der Waals surface area contributed by atoms with E-state index in [2.05, 4.69) is 0 Å². The smallest absolute Gasteiger partial charge is 0.323 e. The van der Waals surface area contributed by atoms with Gasteiger partial charge in [-0.1, -0.05) is 0 Å². The van der Waals surface area contributed by atoms with Crippen LogP contribution in [0.3, 0.4) is 0 Å². The summed E-state index contributed by atoms with van der Waals surface area (Å²) >= 11 is 2.00. The Morgan fingerprint density at radius 2 is 2.21 bits per heavy atom. The van der Waals surface area contributed by atoms with Gasteiger partial charge >= 0.3 is 5.97 Å². The van der Waals surface area contributed by atoms with Crippen LogP contribution >= 0.6 is 22.6 Å². The number of rotatable bonds is 6. The van der Waals surface area contributed by atoms with Crippen LogP contribution in [0.2, 0.25) is 0 Å². The molecular formula is C12H13IN2O4. The van der Waals surface area contributed by atoms with Crippen LogP contribution < -0.4 is 4.90 Å². The Labute approximate surface area is 123 Å². The Morgan fingerprint density at radius 3 is 2.74 bits per heavy atom. The summed E-state index contributed by atoms with van der Waals surface area (Å²) in [6.45, 7) is 0.353. The first kappa shape index (κ1) is 14.0. The van der Waals surface area contributed by atoms with Gasteiger partial charge < -0.3 is 10.0 Å². The third-order valence-corrected chi connectivity index (χ3v) is 3.65. The van der Waals surface area contributed by atoms with Crippen molar-refractivity contribution in [2.75, 3.05) is 18.0 Å². The second kappa shape index (κ2) is 5.72. The second-order valence-electron chi connectivity index (χ2n) is 4.61. The molecule has 0 aliphatic heterocycles. The predicted octanol–water partition coefficient (Wildman–Crippen LogP) is 2.50. The predicted molar refractivity (Wildman–Crippen MR) is 78.4 cm³/mol. The monoisotopic (exact) mass is 376 g/mol. The summed E-state index contributed by atoms with van der Waals surface area (Å²) < 4.78 is 0.759. The summed E-state index contributed by atoms with van der Waals surface area (Å²) in [4.78, 5) is 23.1. The first-order valence-corrected chi connectivity index (χ1v) is 6.96. The van der Waals surface area contributed by atoms with Crippen molar-refractivity contribution in [3.8, 4) is 0 Å². The van der Waals surface area contributed by atoms with Gasteiger partial charge in [-0.3, -0.25) is 14.9 Å². The van der Waals surface area contributed by atoms with Crippen molar-refractivity contribution >= 4 is 39.9 Å². The lowest BCUT2D eigenvalue weighted by Crippen LogP contribution is -2.32. The molecule has 1 saturated carbocycles. The number of nitrogens with zero attached hydrogens (tertiary/aromatic N) is 2. The van der Waals surface area contributed by atoms with Crippen LogP contribution in [0.4, 0.5) is 11.4 Å². The molecule has 2 rings (SSSR count). The fourth-order valence-electron chi connectivity index (χ4n) is 1.93. The molecule has 1 aromatic rings. The lowest BCUT2D eigenvalue weighted by molar-refractivity contribution is -0.384. The standard InChI is InChI=1S/C12H13IN2O4/c13-9-3-4-10(11(5-9)15(18)19)14(7-12(16)17)6-8-1-2-8/h3-5,8H,1-2,6-7H2,(H,16,17). The number of anilines is 1. The van der Waals surface area contributed by atoms with Gasteiger partial charge in [0, 0.05) is 16.2 Å². The summed E-state index contributed by atoms with van der Waals surface area (Å²) in [5, 5.41) is 20.0. The molecule has 19 heavy (non-hydrogen) atoms. The maximum Gasteiger partial charge on any atom is 0.323 e. The van der Waals surface area contributed by atoms with E-state index in [0.717, 1.165) is 16.4 Å². The van der Waals surface area contributed by atoms with E-state index in [9.17, 15) is 14.9 Å². The van der Waals surface area contributed by atoms with E-state index in [0.29, 0.717) is 18.2 Å². The van der Waals surface area contributed by atoms with Gasteiger partial charge in [-0.15, -0.1) is 0 Å². The number of carbonyl (C=O) groups is 1. The molecular weight excluding hydrogens is 363 g/mol. The van der Waals surface area contributed by atoms with Gasteiger partial charge in [0.1, 0.15) is 12.2 Å². The first-order chi connectivity index (χ1) is 8.97. The molecule has 0 atom stereocenters. The molecule has 102 valence electrons. The maximum atomic E-state index is 11.1. The van der Waals surface area contributed by atoms with Crippen LogP contribution in [-0.2, 0) is 4.79 Å². The fraction of sp³-hybridized carbons (Fsp3) is 0.417. The van der Waals surface area contributed by atoms with Crippen molar-refractivity contribution in [3.05, 3.63) is 31.9 Å². The number of carboxylic acids is 1. The van der Waals surface area contributed by atoms with Crippen LogP contribution in [0.15, 0.2) is 18.2 Å². The molecule has 7 heteroatoms. The summed E-state index contributed by atoms with van der Waals surface area (Å²) in [6.07, 6.45) is 2.13. The van der Waals surface area contributed by atoms with Crippen LogP contribution in [0.1, 0.15) is 12.8 Å². The quantitative estimate of drug-likeness (QED) is 0.469. The average molecular weight is 376 g/mol. The highest BCUT2D eigenvalue weighted by Crippen LogP contribution is 2.35. The lowest BCUT2D eigenvalue weighted by atomic mass is 10.2. The molecule has 1 aromatic carbocycles. The molecule has 0 aromatic heterocycles. The maximum absolute atomic E-state index is 11.1. The molecule has 0 radical (unpaired) electrons. The minimum Gasteiger partial charge on any atom is -0.480 e. The van der Waals surface area contributed by atoms with E-state index in [-0.39, 0.29) is 12.2 Å². The largest absolute Gasteiger partial charge is 0.480 e. The summed E-state index contributed by atoms with van der Waals surface area (Å²) in [5.74, 6) is -0.522. The van der Waals surface area contributed by atoms with Crippen molar-refractivity contribution in [2.45, 2.75) is 12.8 Å². The number of nitro benzene ring substituents is 1. The summed E-state index contributed by atoms with van der Waals surface area (Å²) in [5.41, 5.74) is 0.355. The van der Waals surface area contributed by atoms with E-state index < -0.39 is 10.9 Å². The molecule has 0 bridgehead atoms. The van der Waals surface area contributed by atoms with Gasteiger partial charge in [-0.2, -0.15) is 0 Å². The van der Waals surface area contributed by atoms with Crippen molar-refractivity contribution < 1.29 is 14.8 Å². The Bertz CT molecular complexity index is 516. The number of hydrogen-bond donors (Lipinski definition) is 1. The average Bonchev–Trinajstić information content (AvgIpc) is 3.11. The van der Waals surface area contributed by atoms with Gasteiger partial charge in [-0.05, 0) is 53.5 Å². The number of aliphatic carboxylic acids is 1. The second-order valence-corrected chi connectivity index (χ2v) is 5.85. The molecule has 6 nitrogen and oxygen atoms in total. The Balaban J connectivity index is 2.33. The van der Waals surface area contributed by atoms with E-state index in [1.807, 2.05) is 22.6 Å². The summed E-state index contributed by atoms with van der Waals surface area (Å²) in [6, 6.07) is 4.85. The van der Waals surface area contributed by atoms with Gasteiger partial charge in [-0.25, -0.2) is 0 Å². The zero-order chi connectivity index (χ0) is 14.0. The topological polar surface area (TPSA) is 83.7 Å². The molecule has 1 aliphatic rings. The van der Waals surface area contributed by atoms with Crippen molar-refractivity contribution in [2.24, 2.45) is 5.92 Å². The number of nitro groups is 1. The van der Waals surface area contributed by atoms with E-state index >= 15 is 0 Å². The number of hydrogen-bond acceptors (Lipinski definition) is 4. The number of carboxylic acid groups (broad SMARTS) is 1. The van der Waals surface area contributed by atoms with Gasteiger partial charge in [0.05, 0.1) is 4.92 Å². The normalized spacial score (nSPS) is 14.2. The van der Waals surface area contributed by atoms with E-state index in [1.54, 1.807) is 17.0 Å². The zero-order valence-corrected chi connectivity index (χ0v) is 12.2. The van der Waals surface area contributed by atoms with E-state index in [1.165, 1.54) is 6.07 Å². The molecule has 0 amide bonds. The van der Waals surface area contributed by atoms with Crippen LogP contribution in [0, 0.1) is 19.6 Å². The molecule has 0 saturated heterocycles. The van der Waals surface area contributed by atoms with Gasteiger partial charge in [0.15, 0.2) is 0 Å². The molecule has 1 fully saturated rings. The van der Waals surface area contributed by atoms with Gasteiger partial charge in [0.25, 0.3) is 5.69 Å². The molecule has 1 N–H and O–H groups in total. The first-order valence-electron chi connectivity index (χ1n) is 5.88. The zero-order valence-electron chi connectivity index (χ0n) is 10.1. The molecule has 0 heterocycles. The summed E-state index contributed by atoms with van der Waals surface area (Å²) in [7, 11) is 0. The Kier molecular flexibility index (Phi) is 4.23. The highest BCUT2D eigenvalue weighted by molar-refractivity contribution is 14.1. The van der Waals surface area contributed by atoms with Crippen molar-refractivity contribution in [3.63, 3.8) is 0 Å². The minimum absolute atomic E-state index is 0.0335. The highest BCUT2D eigenvalue weighted by Gasteiger charge is 2.28. The lowest BCUT2D eigenvalue weighted by Gasteiger charge is -2.22. The van der Waals surface area contributed by atoms with E-state index in [4.69, 9.17) is 5.11 Å². The van der Waals surface area contributed by atoms with Crippen LogP contribution in [-0.4, -0.2) is 29.1 Å². The Hall–Kier alpha value is -1.38. The SMILES string of the molecule is O=C(O)CN(CC1CC1)c1ccc(I)cc1[N+](=O)[O-]. The van der Waals surface area contributed by atoms with Crippen molar-refractivity contribution in [1.29, 1.82) is 0 Å². The molecule has 1 aliphatic carbocycles. The third kappa shape index (κ3) is 3.79.